The predicted molar refractivity (Wildman–Crippen MR) is 80.3 cm³/mol. The molecule has 19 heavy (non-hydrogen) atoms. The van der Waals surface area contributed by atoms with Crippen molar-refractivity contribution in [2.75, 3.05) is 39.3 Å². The van der Waals surface area contributed by atoms with Gasteiger partial charge in [-0.2, -0.15) is 0 Å². The zero-order chi connectivity index (χ0) is 15.7. The van der Waals surface area contributed by atoms with Crippen molar-refractivity contribution in [3.8, 4) is 10.8 Å². The van der Waals surface area contributed by atoms with Gasteiger partial charge in [0.15, 0.2) is 0 Å². The monoisotopic (exact) mass is 398 g/mol. The Morgan fingerprint density at radius 3 is 0.632 bits per heavy atom. The summed E-state index contributed by atoms with van der Waals surface area (Å²) >= 11 is 7.40. The van der Waals surface area contributed by atoms with Crippen LogP contribution in [0.25, 0.3) is 0 Å². The first kappa shape index (κ1) is 36.4. The summed E-state index contributed by atoms with van der Waals surface area (Å²) in [6.07, 6.45) is 0. The Bertz CT molecular complexity index is 134. The van der Waals surface area contributed by atoms with Crippen LogP contribution in [-0.4, -0.2) is 39.3 Å². The number of nitrogens with zero attached hydrogens (tertiary/aromatic N) is 2. The van der Waals surface area contributed by atoms with Gasteiger partial charge in [-0.1, -0.05) is 10.8 Å². The second-order valence-corrected chi connectivity index (χ2v) is 2.28. The largest absolute Gasteiger partial charge is 2.00 e. The number of rotatable bonds is 3. The molecule has 0 radical (unpaired) electrons. The summed E-state index contributed by atoms with van der Waals surface area (Å²) in [6, 6.07) is 0. The van der Waals surface area contributed by atoms with Gasteiger partial charge in [0.2, 0.25) is 0 Å². The number of nitriles is 2. The Balaban J connectivity index is -0.0000000276. The number of thiocyanates is 2. The second-order valence-electron chi connectivity index (χ2n) is 1.91. The molecule has 0 saturated heterocycles. The maximum Gasteiger partial charge on any atom is 2.00 e. The average Bonchev–Trinajstić information content (AvgIpc) is 2.40. The fourth-order valence-corrected chi connectivity index (χ4v) is 0. The maximum atomic E-state index is 7.13. The van der Waals surface area contributed by atoms with E-state index in [0.29, 0.717) is 39.3 Å². The van der Waals surface area contributed by atoms with Crippen LogP contribution in [0.2, 0.25) is 0 Å². The first-order valence-electron chi connectivity index (χ1n) is 4.80. The van der Waals surface area contributed by atoms with E-state index in [-0.39, 0.29) is 19.5 Å². The fraction of sp³-hybridized carbons (Fsp3) is 0.750. The molecule has 8 nitrogen and oxygen atoms in total. The van der Waals surface area contributed by atoms with Gasteiger partial charge in [-0.15, -0.1) is 0 Å². The maximum absolute atomic E-state index is 7.13. The third-order valence-electron chi connectivity index (χ3n) is 0.500. The van der Waals surface area contributed by atoms with Crippen molar-refractivity contribution in [2.45, 2.75) is 0 Å². The van der Waals surface area contributed by atoms with Gasteiger partial charge in [-0.25, -0.2) is 10.5 Å². The van der Waals surface area contributed by atoms with Crippen molar-refractivity contribution in [2.24, 2.45) is 34.4 Å². The average molecular weight is 398 g/mol. The zero-order valence-corrected chi connectivity index (χ0v) is 14.1. The summed E-state index contributed by atoms with van der Waals surface area (Å²) in [6.45, 7) is 3.58. The minimum absolute atomic E-state index is 0. The van der Waals surface area contributed by atoms with Gasteiger partial charge < -0.3 is 59.7 Å². The Morgan fingerprint density at radius 1 is 0.579 bits per heavy atom. The van der Waals surface area contributed by atoms with Gasteiger partial charge in [0, 0.05) is 39.3 Å². The summed E-state index contributed by atoms with van der Waals surface area (Å²) in [7, 11) is 0. The molecule has 0 aromatic rings. The molecule has 0 unspecified atom stereocenters. The molecule has 0 aliphatic heterocycles. The van der Waals surface area contributed by atoms with E-state index in [4.69, 9.17) is 44.9 Å². The van der Waals surface area contributed by atoms with E-state index in [9.17, 15) is 0 Å². The third-order valence-corrected chi connectivity index (χ3v) is 0.500. The summed E-state index contributed by atoms with van der Waals surface area (Å²) in [5.74, 6) is 0. The molecule has 116 valence electrons. The Kier molecular flexibility index (Phi) is 158. The van der Waals surface area contributed by atoms with Crippen LogP contribution in [0.3, 0.4) is 0 Å². The molecule has 0 amide bonds. The van der Waals surface area contributed by atoms with Crippen molar-refractivity contribution in [3.63, 3.8) is 0 Å². The fourth-order valence-electron chi connectivity index (χ4n) is 0. The molecule has 0 spiro atoms. The molecule has 11 heteroatoms. The first-order chi connectivity index (χ1) is 8.57. The van der Waals surface area contributed by atoms with Crippen molar-refractivity contribution in [3.05, 3.63) is 0 Å². The van der Waals surface area contributed by atoms with E-state index in [1.807, 2.05) is 0 Å². The summed E-state index contributed by atoms with van der Waals surface area (Å²) < 4.78 is 0. The number of nitrogens with two attached hydrogens (primary N) is 6. The van der Waals surface area contributed by atoms with Gasteiger partial charge in [0.1, 0.15) is 0 Å². The number of hydrogen-bond donors (Lipinski definition) is 6. The molecule has 0 heterocycles. The van der Waals surface area contributed by atoms with Crippen LogP contribution in [0.15, 0.2) is 0 Å². The topological polar surface area (TPSA) is 204 Å². The Labute approximate surface area is 139 Å². The smallest absolute Gasteiger partial charge is 0.696 e. The van der Waals surface area contributed by atoms with Crippen LogP contribution >= 0.6 is 0 Å². The summed E-state index contributed by atoms with van der Waals surface area (Å²) in [5, 5.41) is 16.9. The molecule has 0 aliphatic carbocycles. The van der Waals surface area contributed by atoms with Gasteiger partial charge in [0.05, 0.1) is 0 Å². The van der Waals surface area contributed by atoms with Crippen molar-refractivity contribution >= 4 is 25.3 Å². The molecule has 0 aromatic carbocycles. The van der Waals surface area contributed by atoms with Crippen molar-refractivity contribution in [1.29, 1.82) is 10.5 Å². The third kappa shape index (κ3) is 566. The second kappa shape index (κ2) is 82.6. The van der Waals surface area contributed by atoms with Crippen LogP contribution in [0.5, 0.6) is 0 Å². The summed E-state index contributed by atoms with van der Waals surface area (Å²) in [5.41, 5.74) is 29.4. The Morgan fingerprint density at radius 2 is 0.632 bits per heavy atom. The normalized spacial score (nSPS) is 5.47. The minimum Gasteiger partial charge on any atom is -0.696 e. The molecule has 0 bridgehead atoms. The molecule has 0 atom stereocenters. The van der Waals surface area contributed by atoms with E-state index < -0.39 is 0 Å². The van der Waals surface area contributed by atoms with Gasteiger partial charge in [0.25, 0.3) is 0 Å². The first-order valence-corrected chi connectivity index (χ1v) is 5.62. The van der Waals surface area contributed by atoms with E-state index in [1.54, 1.807) is 0 Å². The van der Waals surface area contributed by atoms with E-state index in [0.717, 1.165) is 0 Å². The summed E-state index contributed by atoms with van der Waals surface area (Å²) in [4.78, 5) is 0. The molecular formula is C8H24N8RuS2. The predicted octanol–water partition coefficient (Wildman–Crippen LogP) is -3.26. The molecule has 0 saturated carbocycles. The minimum atomic E-state index is 0. The van der Waals surface area contributed by atoms with Gasteiger partial charge in [-0.3, -0.25) is 0 Å². The van der Waals surface area contributed by atoms with Crippen LogP contribution in [-0.2, 0) is 44.7 Å². The Hall–Kier alpha value is -0.197. The van der Waals surface area contributed by atoms with Crippen molar-refractivity contribution in [1.82, 2.24) is 0 Å². The van der Waals surface area contributed by atoms with E-state index >= 15 is 0 Å². The van der Waals surface area contributed by atoms with E-state index in [1.165, 1.54) is 10.8 Å². The van der Waals surface area contributed by atoms with Crippen LogP contribution < -0.4 is 34.4 Å². The quantitative estimate of drug-likeness (QED) is 0.159. The van der Waals surface area contributed by atoms with E-state index in [2.05, 4.69) is 25.3 Å². The van der Waals surface area contributed by atoms with Crippen molar-refractivity contribution < 1.29 is 19.5 Å². The molecule has 0 rings (SSSR count). The standard InChI is InChI=1S/3C2H8N2.2CHNS.Ru/c3*3-1-2-4;2*2-1-3;/h3*1-4H2;2*3H;/q;;;;;+2/p-2. The van der Waals surface area contributed by atoms with Crippen LogP contribution in [0.1, 0.15) is 0 Å². The zero-order valence-electron chi connectivity index (χ0n) is 10.8. The van der Waals surface area contributed by atoms with Gasteiger partial charge >= 0.3 is 19.5 Å². The number of hydrogen-bond acceptors (Lipinski definition) is 10. The van der Waals surface area contributed by atoms with Crippen LogP contribution in [0, 0.1) is 21.3 Å². The molecule has 12 N–H and O–H groups in total. The molecule has 0 aliphatic rings. The molecule has 0 fully saturated rings. The molecular weight excluding hydrogens is 373 g/mol. The van der Waals surface area contributed by atoms with Gasteiger partial charge in [-0.05, 0) is 0 Å². The SMILES string of the molecule is N#C[S-].N#C[S-].NCCN.NCCN.NCCN.[Ru+2]. The van der Waals surface area contributed by atoms with Crippen LogP contribution in [0.4, 0.5) is 0 Å². The molecule has 0 aromatic heterocycles.